The molecule has 0 amide bonds. The second kappa shape index (κ2) is 9.53. The third-order valence-corrected chi connectivity index (χ3v) is 4.98. The van der Waals surface area contributed by atoms with E-state index in [1.165, 1.54) is 0 Å². The molecule has 0 aliphatic heterocycles. The summed E-state index contributed by atoms with van der Waals surface area (Å²) in [6.45, 7) is 5.51. The Hall–Kier alpha value is -3.52. The van der Waals surface area contributed by atoms with Crippen molar-refractivity contribution in [2.24, 2.45) is 0 Å². The molecule has 3 aromatic heterocycles. The zero-order valence-corrected chi connectivity index (χ0v) is 17.8. The number of nitrogens with zero attached hydrogens (tertiary/aromatic N) is 5. The topological polar surface area (TPSA) is 100 Å². The summed E-state index contributed by atoms with van der Waals surface area (Å²) in [5.74, 6) is 1.42. The van der Waals surface area contributed by atoms with Crippen molar-refractivity contribution in [2.75, 3.05) is 23.8 Å². The largest absolute Gasteiger partial charge is 0.396 e. The third kappa shape index (κ3) is 4.80. The Labute approximate surface area is 181 Å². The maximum absolute atomic E-state index is 9.04. The molecule has 0 fully saturated rings. The van der Waals surface area contributed by atoms with Gasteiger partial charge in [0.15, 0.2) is 5.65 Å². The molecule has 1 aromatic carbocycles. The summed E-state index contributed by atoms with van der Waals surface area (Å²) in [6.07, 6.45) is 4.34. The number of rotatable bonds is 9. The molecule has 0 bridgehead atoms. The lowest BCUT2D eigenvalue weighted by molar-refractivity contribution is 0.292. The molecule has 0 saturated heterocycles. The lowest BCUT2D eigenvalue weighted by atomic mass is 10.1. The Kier molecular flexibility index (Phi) is 6.37. The van der Waals surface area contributed by atoms with Crippen LogP contribution in [0.15, 0.2) is 54.9 Å². The number of fused-ring (bicyclic) bond motifs is 1. The summed E-state index contributed by atoms with van der Waals surface area (Å²) < 4.78 is 1.73. The molecule has 0 aliphatic rings. The summed E-state index contributed by atoms with van der Waals surface area (Å²) in [4.78, 5) is 13.8. The molecule has 0 spiro atoms. The highest BCUT2D eigenvalue weighted by Crippen LogP contribution is 2.22. The lowest BCUT2D eigenvalue weighted by Crippen LogP contribution is -2.13. The molecule has 4 aromatic rings. The minimum Gasteiger partial charge on any atom is -0.396 e. The van der Waals surface area contributed by atoms with Crippen molar-refractivity contribution in [1.29, 1.82) is 0 Å². The van der Waals surface area contributed by atoms with E-state index in [0.717, 1.165) is 28.0 Å². The van der Waals surface area contributed by atoms with Gasteiger partial charge in [0.05, 0.1) is 11.9 Å². The van der Waals surface area contributed by atoms with E-state index in [-0.39, 0.29) is 6.61 Å². The Morgan fingerprint density at radius 1 is 1.00 bits per heavy atom. The maximum atomic E-state index is 9.04. The van der Waals surface area contributed by atoms with Crippen molar-refractivity contribution in [3.63, 3.8) is 0 Å². The van der Waals surface area contributed by atoms with Crippen LogP contribution in [0.4, 0.5) is 11.9 Å². The minimum absolute atomic E-state index is 0.121. The molecule has 160 valence electrons. The van der Waals surface area contributed by atoms with Crippen LogP contribution in [0.25, 0.3) is 16.9 Å². The highest BCUT2D eigenvalue weighted by Gasteiger charge is 2.15. The molecule has 0 radical (unpaired) electrons. The molecule has 3 heterocycles. The quantitative estimate of drug-likeness (QED) is 0.357. The van der Waals surface area contributed by atoms with Crippen LogP contribution < -0.4 is 10.6 Å². The van der Waals surface area contributed by atoms with E-state index in [0.29, 0.717) is 37.3 Å². The first-order valence-electron chi connectivity index (χ1n) is 10.5. The number of hydrogen-bond donors (Lipinski definition) is 3. The number of aromatic nitrogens is 5. The van der Waals surface area contributed by atoms with E-state index < -0.39 is 0 Å². The van der Waals surface area contributed by atoms with E-state index in [9.17, 15) is 0 Å². The number of pyridine rings is 1. The van der Waals surface area contributed by atoms with Crippen LogP contribution >= 0.6 is 0 Å². The zero-order chi connectivity index (χ0) is 21.6. The molecule has 0 unspecified atom stereocenters. The predicted octanol–water partition coefficient (Wildman–Crippen LogP) is 3.72. The Bertz CT molecular complexity index is 1120. The molecule has 4 rings (SSSR count). The SMILES string of the molecule is CC(C)c1cnn2c(NCc3ccc(-c4ccccc4)nc3)nc(NCCCO)nc12. The van der Waals surface area contributed by atoms with Crippen molar-refractivity contribution in [2.45, 2.75) is 32.7 Å². The summed E-state index contributed by atoms with van der Waals surface area (Å²) in [5, 5.41) is 20.1. The average Bonchev–Trinajstić information content (AvgIpc) is 3.23. The second-order valence-corrected chi connectivity index (χ2v) is 7.64. The highest BCUT2D eigenvalue weighted by atomic mass is 16.3. The van der Waals surface area contributed by atoms with E-state index in [2.05, 4.69) is 50.6 Å². The van der Waals surface area contributed by atoms with Crippen LogP contribution in [0.2, 0.25) is 0 Å². The Morgan fingerprint density at radius 3 is 2.55 bits per heavy atom. The molecule has 0 atom stereocenters. The molecule has 3 N–H and O–H groups in total. The van der Waals surface area contributed by atoms with Gasteiger partial charge in [0.25, 0.3) is 0 Å². The van der Waals surface area contributed by atoms with Crippen molar-refractivity contribution in [1.82, 2.24) is 24.6 Å². The first-order valence-corrected chi connectivity index (χ1v) is 10.5. The number of anilines is 2. The first-order chi connectivity index (χ1) is 15.2. The molecule has 8 nitrogen and oxygen atoms in total. The number of hydrogen-bond acceptors (Lipinski definition) is 7. The molecular weight excluding hydrogens is 390 g/mol. The van der Waals surface area contributed by atoms with Gasteiger partial charge in [0, 0.05) is 37.0 Å². The van der Waals surface area contributed by atoms with Gasteiger partial charge in [-0.25, -0.2) is 0 Å². The standard InChI is InChI=1S/C23H27N7O/c1-16(2)19-15-27-30-21(19)28-22(24-11-6-12-31)29-23(30)26-14-17-9-10-20(25-13-17)18-7-4-3-5-8-18/h3-5,7-10,13,15-16,31H,6,11-12,14H2,1-2H3,(H2,24,26,28,29). The highest BCUT2D eigenvalue weighted by molar-refractivity contribution is 5.59. The summed E-state index contributed by atoms with van der Waals surface area (Å²) >= 11 is 0. The number of benzene rings is 1. The molecule has 31 heavy (non-hydrogen) atoms. The van der Waals surface area contributed by atoms with E-state index in [1.807, 2.05) is 48.8 Å². The number of aliphatic hydroxyl groups is 1. The van der Waals surface area contributed by atoms with Gasteiger partial charge in [-0.1, -0.05) is 50.2 Å². The summed E-state index contributed by atoms with van der Waals surface area (Å²) in [5.41, 5.74) is 4.91. The fraction of sp³-hybridized carbons (Fsp3) is 0.304. The van der Waals surface area contributed by atoms with E-state index in [4.69, 9.17) is 5.11 Å². The van der Waals surface area contributed by atoms with Gasteiger partial charge in [0.1, 0.15) is 0 Å². The van der Waals surface area contributed by atoms with Crippen LogP contribution in [0, 0.1) is 0 Å². The van der Waals surface area contributed by atoms with Gasteiger partial charge >= 0.3 is 0 Å². The van der Waals surface area contributed by atoms with Crippen LogP contribution in [0.3, 0.4) is 0 Å². The monoisotopic (exact) mass is 417 g/mol. The smallest absolute Gasteiger partial charge is 0.229 e. The number of aliphatic hydroxyl groups excluding tert-OH is 1. The fourth-order valence-corrected chi connectivity index (χ4v) is 3.26. The maximum Gasteiger partial charge on any atom is 0.229 e. The van der Waals surface area contributed by atoms with Crippen molar-refractivity contribution >= 4 is 17.5 Å². The molecule has 8 heteroatoms. The third-order valence-electron chi connectivity index (χ3n) is 4.98. The van der Waals surface area contributed by atoms with E-state index in [1.54, 1.807) is 4.52 Å². The van der Waals surface area contributed by atoms with Crippen LogP contribution in [0.1, 0.15) is 37.3 Å². The van der Waals surface area contributed by atoms with Crippen molar-refractivity contribution in [3.8, 4) is 11.3 Å². The minimum atomic E-state index is 0.121. The second-order valence-electron chi connectivity index (χ2n) is 7.64. The Morgan fingerprint density at radius 2 is 1.84 bits per heavy atom. The predicted molar refractivity (Wildman–Crippen MR) is 122 cm³/mol. The van der Waals surface area contributed by atoms with Gasteiger partial charge in [-0.15, -0.1) is 0 Å². The van der Waals surface area contributed by atoms with Gasteiger partial charge in [-0.3, -0.25) is 4.98 Å². The summed E-state index contributed by atoms with van der Waals surface area (Å²) in [7, 11) is 0. The van der Waals surface area contributed by atoms with Crippen LogP contribution in [-0.2, 0) is 6.54 Å². The van der Waals surface area contributed by atoms with E-state index >= 15 is 0 Å². The van der Waals surface area contributed by atoms with Gasteiger partial charge in [-0.05, 0) is 24.0 Å². The summed E-state index contributed by atoms with van der Waals surface area (Å²) in [6, 6.07) is 14.2. The Balaban J connectivity index is 1.55. The van der Waals surface area contributed by atoms with Crippen molar-refractivity contribution < 1.29 is 5.11 Å². The fourth-order valence-electron chi connectivity index (χ4n) is 3.26. The number of nitrogens with one attached hydrogen (secondary N) is 2. The van der Waals surface area contributed by atoms with Crippen LogP contribution in [-0.4, -0.2) is 42.8 Å². The van der Waals surface area contributed by atoms with Gasteiger partial charge < -0.3 is 15.7 Å². The lowest BCUT2D eigenvalue weighted by Gasteiger charge is -2.11. The first kappa shape index (κ1) is 20.7. The van der Waals surface area contributed by atoms with Crippen LogP contribution in [0.5, 0.6) is 0 Å². The van der Waals surface area contributed by atoms with Gasteiger partial charge in [0.2, 0.25) is 11.9 Å². The normalized spacial score (nSPS) is 11.2. The van der Waals surface area contributed by atoms with Crippen molar-refractivity contribution in [3.05, 3.63) is 66.0 Å². The van der Waals surface area contributed by atoms with Gasteiger partial charge in [-0.2, -0.15) is 19.6 Å². The molecule has 0 saturated carbocycles. The average molecular weight is 418 g/mol. The zero-order valence-electron chi connectivity index (χ0n) is 17.8. The molecule has 0 aliphatic carbocycles. The molecular formula is C23H27N7O.